The summed E-state index contributed by atoms with van der Waals surface area (Å²) in [4.78, 5) is 20.3. The third kappa shape index (κ3) is 6.17. The number of nitrogens with zero attached hydrogens (tertiary/aromatic N) is 4. The SMILES string of the molecule is Cc1nc(CCN(C)C(=O)NCCCN2CCC[C@@H](C)C2)no1. The van der Waals surface area contributed by atoms with E-state index in [0.717, 1.165) is 25.4 Å². The zero-order chi connectivity index (χ0) is 16.7. The summed E-state index contributed by atoms with van der Waals surface area (Å²) >= 11 is 0. The fraction of sp³-hybridized carbons (Fsp3) is 0.812. The van der Waals surface area contributed by atoms with Crippen molar-refractivity contribution < 1.29 is 9.32 Å². The van der Waals surface area contributed by atoms with Gasteiger partial charge < -0.3 is 19.6 Å². The van der Waals surface area contributed by atoms with E-state index in [1.54, 1.807) is 18.9 Å². The van der Waals surface area contributed by atoms with Crippen LogP contribution in [0.2, 0.25) is 0 Å². The number of likely N-dealkylation sites (N-methyl/N-ethyl adjacent to an activating group) is 1. The quantitative estimate of drug-likeness (QED) is 0.773. The van der Waals surface area contributed by atoms with Gasteiger partial charge in [-0.15, -0.1) is 0 Å². The van der Waals surface area contributed by atoms with Gasteiger partial charge in [-0.3, -0.25) is 0 Å². The van der Waals surface area contributed by atoms with Crippen molar-refractivity contribution >= 4 is 6.03 Å². The summed E-state index contributed by atoms with van der Waals surface area (Å²) in [5.41, 5.74) is 0. The van der Waals surface area contributed by atoms with Crippen molar-refractivity contribution in [1.29, 1.82) is 0 Å². The van der Waals surface area contributed by atoms with Crippen molar-refractivity contribution in [2.24, 2.45) is 5.92 Å². The Balaban J connectivity index is 1.56. The van der Waals surface area contributed by atoms with Crippen molar-refractivity contribution in [2.75, 3.05) is 39.8 Å². The molecule has 0 spiro atoms. The van der Waals surface area contributed by atoms with E-state index in [-0.39, 0.29) is 6.03 Å². The molecule has 2 heterocycles. The van der Waals surface area contributed by atoms with Gasteiger partial charge in [0.1, 0.15) is 0 Å². The number of hydrogen-bond acceptors (Lipinski definition) is 5. The van der Waals surface area contributed by atoms with E-state index in [9.17, 15) is 4.79 Å². The predicted octanol–water partition coefficient (Wildman–Crippen LogP) is 1.68. The number of likely N-dealkylation sites (tertiary alicyclic amines) is 1. The lowest BCUT2D eigenvalue weighted by molar-refractivity contribution is 0.180. The minimum atomic E-state index is -0.0442. The monoisotopic (exact) mass is 323 g/mol. The van der Waals surface area contributed by atoms with E-state index in [4.69, 9.17) is 4.52 Å². The van der Waals surface area contributed by atoms with Gasteiger partial charge in [-0.05, 0) is 38.3 Å². The van der Waals surface area contributed by atoms with E-state index in [1.165, 1.54) is 25.9 Å². The summed E-state index contributed by atoms with van der Waals surface area (Å²) in [6.07, 6.45) is 4.24. The third-order valence-electron chi connectivity index (χ3n) is 4.26. The predicted molar refractivity (Wildman–Crippen MR) is 88.2 cm³/mol. The highest BCUT2D eigenvalue weighted by Crippen LogP contribution is 2.15. The highest BCUT2D eigenvalue weighted by Gasteiger charge is 2.15. The molecule has 7 heteroatoms. The van der Waals surface area contributed by atoms with Gasteiger partial charge in [0.2, 0.25) is 5.89 Å². The highest BCUT2D eigenvalue weighted by atomic mass is 16.5. The van der Waals surface area contributed by atoms with Gasteiger partial charge in [0.15, 0.2) is 5.82 Å². The molecule has 1 saturated heterocycles. The van der Waals surface area contributed by atoms with Gasteiger partial charge in [-0.25, -0.2) is 4.79 Å². The van der Waals surface area contributed by atoms with Crippen molar-refractivity contribution in [3.05, 3.63) is 11.7 Å². The maximum absolute atomic E-state index is 12.0. The normalized spacial score (nSPS) is 18.8. The summed E-state index contributed by atoms with van der Waals surface area (Å²) in [5, 5.41) is 6.80. The number of aromatic nitrogens is 2. The van der Waals surface area contributed by atoms with Crippen LogP contribution in [0.5, 0.6) is 0 Å². The van der Waals surface area contributed by atoms with Gasteiger partial charge >= 0.3 is 6.03 Å². The van der Waals surface area contributed by atoms with Crippen LogP contribution in [0.25, 0.3) is 0 Å². The molecule has 1 atom stereocenters. The molecule has 0 aliphatic carbocycles. The van der Waals surface area contributed by atoms with Gasteiger partial charge in [0, 0.05) is 40.0 Å². The minimum absolute atomic E-state index is 0.0442. The molecular formula is C16H29N5O2. The Labute approximate surface area is 138 Å². The van der Waals surface area contributed by atoms with Crippen molar-refractivity contribution in [3.8, 4) is 0 Å². The average molecular weight is 323 g/mol. The number of urea groups is 1. The fourth-order valence-electron chi connectivity index (χ4n) is 2.93. The molecular weight excluding hydrogens is 294 g/mol. The van der Waals surface area contributed by atoms with Gasteiger partial charge in [-0.1, -0.05) is 12.1 Å². The van der Waals surface area contributed by atoms with Gasteiger partial charge in [0.25, 0.3) is 0 Å². The molecule has 0 aromatic carbocycles. The first-order chi connectivity index (χ1) is 11.0. The topological polar surface area (TPSA) is 74.5 Å². The lowest BCUT2D eigenvalue weighted by atomic mass is 10.0. The number of rotatable bonds is 7. The number of amides is 2. The first kappa shape index (κ1) is 17.7. The molecule has 1 aliphatic heterocycles. The summed E-state index contributed by atoms with van der Waals surface area (Å²) in [5.74, 6) is 2.00. The Kier molecular flexibility index (Phi) is 6.83. The highest BCUT2D eigenvalue weighted by molar-refractivity contribution is 5.73. The summed E-state index contributed by atoms with van der Waals surface area (Å²) in [6.45, 7) is 8.82. The Hall–Kier alpha value is -1.63. The molecule has 1 fully saturated rings. The molecule has 1 aromatic heterocycles. The van der Waals surface area contributed by atoms with Crippen LogP contribution in [0.15, 0.2) is 4.52 Å². The minimum Gasteiger partial charge on any atom is -0.340 e. The van der Waals surface area contributed by atoms with Gasteiger partial charge in [0.05, 0.1) is 0 Å². The van der Waals surface area contributed by atoms with Crippen LogP contribution >= 0.6 is 0 Å². The van der Waals surface area contributed by atoms with Crippen LogP contribution in [-0.2, 0) is 6.42 Å². The fourth-order valence-corrected chi connectivity index (χ4v) is 2.93. The Morgan fingerprint density at radius 3 is 3.04 bits per heavy atom. The van der Waals surface area contributed by atoms with E-state index < -0.39 is 0 Å². The van der Waals surface area contributed by atoms with E-state index in [1.807, 2.05) is 0 Å². The van der Waals surface area contributed by atoms with Crippen LogP contribution in [0.1, 0.15) is 37.9 Å². The number of carbonyl (C=O) groups excluding carboxylic acids is 1. The lowest BCUT2D eigenvalue weighted by Crippen LogP contribution is -2.40. The maximum atomic E-state index is 12.0. The van der Waals surface area contributed by atoms with Crippen molar-refractivity contribution in [2.45, 2.75) is 39.5 Å². The van der Waals surface area contributed by atoms with E-state index in [0.29, 0.717) is 24.7 Å². The van der Waals surface area contributed by atoms with Crippen molar-refractivity contribution in [1.82, 2.24) is 25.3 Å². The number of hydrogen-bond donors (Lipinski definition) is 1. The second-order valence-corrected chi connectivity index (χ2v) is 6.53. The van der Waals surface area contributed by atoms with Crippen LogP contribution in [0, 0.1) is 12.8 Å². The van der Waals surface area contributed by atoms with Crippen LogP contribution in [0.3, 0.4) is 0 Å². The molecule has 23 heavy (non-hydrogen) atoms. The first-order valence-corrected chi connectivity index (χ1v) is 8.55. The lowest BCUT2D eigenvalue weighted by Gasteiger charge is -2.30. The molecule has 2 amide bonds. The zero-order valence-electron chi connectivity index (χ0n) is 14.5. The number of piperidine rings is 1. The molecule has 7 nitrogen and oxygen atoms in total. The Bertz CT molecular complexity index is 491. The molecule has 2 rings (SSSR count). The Morgan fingerprint density at radius 1 is 1.52 bits per heavy atom. The van der Waals surface area contributed by atoms with Crippen molar-refractivity contribution in [3.63, 3.8) is 0 Å². The standard InChI is InChI=1S/C16H29N5O2/c1-13-6-4-9-21(12-13)10-5-8-17-16(22)20(3)11-7-15-18-14(2)23-19-15/h13H,4-12H2,1-3H3,(H,17,22)/t13-/m1/s1. The van der Waals surface area contributed by atoms with Crippen LogP contribution in [-0.4, -0.2) is 65.7 Å². The smallest absolute Gasteiger partial charge is 0.317 e. The maximum Gasteiger partial charge on any atom is 0.317 e. The number of nitrogens with one attached hydrogen (secondary N) is 1. The van der Waals surface area contributed by atoms with Crippen LogP contribution in [0.4, 0.5) is 4.79 Å². The largest absolute Gasteiger partial charge is 0.340 e. The third-order valence-corrected chi connectivity index (χ3v) is 4.26. The van der Waals surface area contributed by atoms with E-state index in [2.05, 4.69) is 27.3 Å². The molecule has 130 valence electrons. The van der Waals surface area contributed by atoms with E-state index >= 15 is 0 Å². The zero-order valence-corrected chi connectivity index (χ0v) is 14.5. The number of carbonyl (C=O) groups is 1. The summed E-state index contributed by atoms with van der Waals surface area (Å²) in [6, 6.07) is -0.0442. The summed E-state index contributed by atoms with van der Waals surface area (Å²) in [7, 11) is 1.79. The Morgan fingerprint density at radius 2 is 2.35 bits per heavy atom. The molecule has 0 radical (unpaired) electrons. The molecule has 0 unspecified atom stereocenters. The molecule has 1 aliphatic rings. The molecule has 1 N–H and O–H groups in total. The van der Waals surface area contributed by atoms with Gasteiger partial charge in [-0.2, -0.15) is 4.98 Å². The molecule has 0 bridgehead atoms. The number of aryl methyl sites for hydroxylation is 1. The summed E-state index contributed by atoms with van der Waals surface area (Å²) < 4.78 is 4.92. The molecule has 1 aromatic rings. The van der Waals surface area contributed by atoms with Crippen LogP contribution < -0.4 is 5.32 Å². The average Bonchev–Trinajstić information content (AvgIpc) is 2.94. The second kappa shape index (κ2) is 8.86. The second-order valence-electron chi connectivity index (χ2n) is 6.53. The molecule has 0 saturated carbocycles. The first-order valence-electron chi connectivity index (χ1n) is 8.55.